The van der Waals surface area contributed by atoms with Crippen molar-refractivity contribution < 1.29 is 9.78 Å². The molecule has 0 aliphatic carbocycles. The summed E-state index contributed by atoms with van der Waals surface area (Å²) in [4.78, 5) is 9.78. The Balaban J connectivity index is 2.56. The van der Waals surface area contributed by atoms with E-state index in [2.05, 4.69) is 38.1 Å². The molecule has 0 aliphatic heterocycles. The van der Waals surface area contributed by atoms with Crippen molar-refractivity contribution >= 4 is 0 Å². The van der Waals surface area contributed by atoms with Crippen molar-refractivity contribution in [2.75, 3.05) is 13.7 Å². The van der Waals surface area contributed by atoms with Crippen LogP contribution in [0.1, 0.15) is 38.2 Å². The lowest BCUT2D eigenvalue weighted by Crippen LogP contribution is -2.09. The van der Waals surface area contributed by atoms with E-state index in [0.717, 1.165) is 12.3 Å². The van der Waals surface area contributed by atoms with Gasteiger partial charge in [-0.1, -0.05) is 50.6 Å². The van der Waals surface area contributed by atoms with E-state index >= 15 is 0 Å². The minimum Gasteiger partial charge on any atom is -0.240 e. The van der Waals surface area contributed by atoms with Gasteiger partial charge in [0.2, 0.25) is 0 Å². The number of hydrogen-bond acceptors (Lipinski definition) is 2. The van der Waals surface area contributed by atoms with Crippen molar-refractivity contribution in [1.82, 2.24) is 0 Å². The molecular formula is C14H22O2. The SMILES string of the molecule is COOCC(CCC(C)C)c1ccccc1. The normalized spacial score (nSPS) is 13.0. The Morgan fingerprint density at radius 3 is 2.31 bits per heavy atom. The van der Waals surface area contributed by atoms with E-state index < -0.39 is 0 Å². The summed E-state index contributed by atoms with van der Waals surface area (Å²) in [6.45, 7) is 5.13. The first-order valence-electron chi connectivity index (χ1n) is 5.94. The quantitative estimate of drug-likeness (QED) is 0.516. The van der Waals surface area contributed by atoms with Crippen LogP contribution < -0.4 is 0 Å². The molecule has 1 aromatic carbocycles. The van der Waals surface area contributed by atoms with Gasteiger partial charge in [-0.3, -0.25) is 0 Å². The second kappa shape index (κ2) is 7.42. The van der Waals surface area contributed by atoms with Gasteiger partial charge in [-0.2, -0.15) is 0 Å². The highest BCUT2D eigenvalue weighted by Crippen LogP contribution is 2.23. The molecule has 2 heteroatoms. The van der Waals surface area contributed by atoms with Crippen LogP contribution in [0.3, 0.4) is 0 Å². The smallest absolute Gasteiger partial charge is 0.0890 e. The zero-order valence-electron chi connectivity index (χ0n) is 10.5. The Labute approximate surface area is 98.5 Å². The van der Waals surface area contributed by atoms with Gasteiger partial charge in [-0.15, -0.1) is 0 Å². The predicted octanol–water partition coefficient (Wildman–Crippen LogP) is 3.78. The van der Waals surface area contributed by atoms with Crippen LogP contribution in [0.5, 0.6) is 0 Å². The van der Waals surface area contributed by atoms with E-state index in [1.54, 1.807) is 7.11 Å². The van der Waals surface area contributed by atoms with Crippen molar-refractivity contribution in [2.45, 2.75) is 32.6 Å². The molecule has 0 fully saturated rings. The monoisotopic (exact) mass is 222 g/mol. The molecule has 0 N–H and O–H groups in total. The lowest BCUT2D eigenvalue weighted by atomic mass is 9.92. The average molecular weight is 222 g/mol. The molecule has 0 aromatic heterocycles. The fraction of sp³-hybridized carbons (Fsp3) is 0.571. The van der Waals surface area contributed by atoms with Gasteiger partial charge in [-0.05, 0) is 17.9 Å². The van der Waals surface area contributed by atoms with Crippen LogP contribution in [-0.4, -0.2) is 13.7 Å². The molecule has 0 radical (unpaired) electrons. The summed E-state index contributed by atoms with van der Waals surface area (Å²) >= 11 is 0. The maximum Gasteiger partial charge on any atom is 0.0890 e. The number of hydrogen-bond donors (Lipinski definition) is 0. The van der Waals surface area contributed by atoms with Gasteiger partial charge in [0.1, 0.15) is 0 Å². The Hall–Kier alpha value is -0.860. The summed E-state index contributed by atoms with van der Waals surface area (Å²) in [5, 5.41) is 0. The molecule has 1 atom stereocenters. The van der Waals surface area contributed by atoms with Crippen LogP contribution in [0.25, 0.3) is 0 Å². The maximum absolute atomic E-state index is 5.08. The van der Waals surface area contributed by atoms with Crippen LogP contribution in [0.4, 0.5) is 0 Å². The first kappa shape index (κ1) is 13.2. The number of benzene rings is 1. The minimum absolute atomic E-state index is 0.434. The zero-order chi connectivity index (χ0) is 11.8. The minimum atomic E-state index is 0.434. The Morgan fingerprint density at radius 2 is 1.75 bits per heavy atom. The molecule has 1 aromatic rings. The van der Waals surface area contributed by atoms with Crippen LogP contribution in [0.15, 0.2) is 30.3 Å². The molecule has 16 heavy (non-hydrogen) atoms. The van der Waals surface area contributed by atoms with Crippen LogP contribution >= 0.6 is 0 Å². The molecule has 0 amide bonds. The highest BCUT2D eigenvalue weighted by Gasteiger charge is 2.12. The molecule has 0 heterocycles. The van der Waals surface area contributed by atoms with Crippen molar-refractivity contribution in [2.24, 2.45) is 5.92 Å². The van der Waals surface area contributed by atoms with E-state index in [1.165, 1.54) is 12.0 Å². The summed E-state index contributed by atoms with van der Waals surface area (Å²) in [5.74, 6) is 1.16. The molecule has 1 rings (SSSR count). The second-order valence-corrected chi connectivity index (χ2v) is 4.53. The standard InChI is InChI=1S/C14H22O2/c1-12(2)9-10-14(11-16-15-3)13-7-5-4-6-8-13/h4-8,12,14H,9-11H2,1-3H3. The summed E-state index contributed by atoms with van der Waals surface area (Å²) in [6.07, 6.45) is 2.36. The number of rotatable bonds is 7. The summed E-state index contributed by atoms with van der Waals surface area (Å²) in [6, 6.07) is 10.5. The van der Waals surface area contributed by atoms with Crippen molar-refractivity contribution in [3.8, 4) is 0 Å². The largest absolute Gasteiger partial charge is 0.240 e. The first-order chi connectivity index (χ1) is 7.74. The van der Waals surface area contributed by atoms with Crippen molar-refractivity contribution in [3.63, 3.8) is 0 Å². The molecule has 0 saturated carbocycles. The molecular weight excluding hydrogens is 200 g/mol. The molecule has 0 saturated heterocycles. The topological polar surface area (TPSA) is 18.5 Å². The third-order valence-electron chi connectivity index (χ3n) is 2.75. The van der Waals surface area contributed by atoms with E-state index in [9.17, 15) is 0 Å². The second-order valence-electron chi connectivity index (χ2n) is 4.53. The van der Waals surface area contributed by atoms with Gasteiger partial charge in [0, 0.05) is 5.92 Å². The Morgan fingerprint density at radius 1 is 1.06 bits per heavy atom. The van der Waals surface area contributed by atoms with Gasteiger partial charge in [0.05, 0.1) is 13.7 Å². The highest BCUT2D eigenvalue weighted by atomic mass is 17.2. The highest BCUT2D eigenvalue weighted by molar-refractivity contribution is 5.19. The van der Waals surface area contributed by atoms with Crippen molar-refractivity contribution in [3.05, 3.63) is 35.9 Å². The Kier molecular flexibility index (Phi) is 6.12. The fourth-order valence-electron chi connectivity index (χ4n) is 1.76. The van der Waals surface area contributed by atoms with Gasteiger partial charge in [-0.25, -0.2) is 9.78 Å². The zero-order valence-corrected chi connectivity index (χ0v) is 10.5. The van der Waals surface area contributed by atoms with Gasteiger partial charge in [0.25, 0.3) is 0 Å². The van der Waals surface area contributed by atoms with Gasteiger partial charge < -0.3 is 0 Å². The third kappa shape index (κ3) is 4.77. The van der Waals surface area contributed by atoms with E-state index in [4.69, 9.17) is 9.78 Å². The fourth-order valence-corrected chi connectivity index (χ4v) is 1.76. The summed E-state index contributed by atoms with van der Waals surface area (Å²) in [5.41, 5.74) is 1.33. The molecule has 1 unspecified atom stereocenters. The van der Waals surface area contributed by atoms with Crippen LogP contribution in [0, 0.1) is 5.92 Å². The van der Waals surface area contributed by atoms with Crippen LogP contribution in [0.2, 0.25) is 0 Å². The molecule has 0 bridgehead atoms. The summed E-state index contributed by atoms with van der Waals surface area (Å²) in [7, 11) is 1.56. The third-order valence-corrected chi connectivity index (χ3v) is 2.75. The lowest BCUT2D eigenvalue weighted by Gasteiger charge is -2.17. The molecule has 90 valence electrons. The summed E-state index contributed by atoms with van der Waals surface area (Å²) < 4.78 is 0. The average Bonchev–Trinajstić information content (AvgIpc) is 2.30. The maximum atomic E-state index is 5.08. The van der Waals surface area contributed by atoms with Gasteiger partial charge >= 0.3 is 0 Å². The van der Waals surface area contributed by atoms with E-state index in [1.807, 2.05) is 6.07 Å². The predicted molar refractivity (Wildman–Crippen MR) is 66.2 cm³/mol. The first-order valence-corrected chi connectivity index (χ1v) is 5.94. The molecule has 0 aliphatic rings. The van der Waals surface area contributed by atoms with E-state index in [0.29, 0.717) is 12.5 Å². The van der Waals surface area contributed by atoms with Gasteiger partial charge in [0.15, 0.2) is 0 Å². The van der Waals surface area contributed by atoms with Crippen molar-refractivity contribution in [1.29, 1.82) is 0 Å². The lowest BCUT2D eigenvalue weighted by molar-refractivity contribution is -0.275. The van der Waals surface area contributed by atoms with Crippen LogP contribution in [-0.2, 0) is 9.78 Å². The molecule has 0 spiro atoms. The Bertz CT molecular complexity index is 269. The molecule has 2 nitrogen and oxygen atoms in total. The van der Waals surface area contributed by atoms with E-state index in [-0.39, 0.29) is 0 Å².